The van der Waals surface area contributed by atoms with E-state index in [0.717, 1.165) is 18.4 Å². The smallest absolute Gasteiger partial charge is 0.0532 e. The number of hydrogen-bond donors (Lipinski definition) is 1. The summed E-state index contributed by atoms with van der Waals surface area (Å²) in [5, 5.41) is 6.89. The molecular weight excluding hydrogens is 198 g/mol. The van der Waals surface area contributed by atoms with E-state index < -0.39 is 0 Å². The van der Waals surface area contributed by atoms with Gasteiger partial charge in [-0.15, -0.1) is 0 Å². The van der Waals surface area contributed by atoms with Crippen molar-refractivity contribution < 1.29 is 0 Å². The van der Waals surface area contributed by atoms with E-state index in [4.69, 9.17) is 0 Å². The number of H-pyrrole nitrogens is 1. The average Bonchev–Trinajstić information content (AvgIpc) is 2.70. The number of hydrogen-bond acceptors (Lipinski definition) is 2. The van der Waals surface area contributed by atoms with Crippen LogP contribution in [0.15, 0.2) is 12.4 Å². The maximum absolute atomic E-state index is 4.00. The van der Waals surface area contributed by atoms with E-state index in [9.17, 15) is 0 Å². The normalized spacial score (nSPS) is 22.8. The number of rotatable bonds is 4. The molecule has 0 radical (unpaired) electrons. The molecule has 90 valence electrons. The van der Waals surface area contributed by atoms with Gasteiger partial charge in [-0.25, -0.2) is 0 Å². The molecule has 1 atom stereocenters. The zero-order valence-electron chi connectivity index (χ0n) is 10.4. The molecule has 1 aliphatic heterocycles. The van der Waals surface area contributed by atoms with Gasteiger partial charge >= 0.3 is 0 Å². The number of aromatic nitrogens is 2. The Kier molecular flexibility index (Phi) is 3.99. The molecular formula is C13H23N3. The third-order valence-corrected chi connectivity index (χ3v) is 3.37. The third-order valence-electron chi connectivity index (χ3n) is 3.37. The predicted octanol–water partition coefficient (Wildman–Crippen LogP) is 2.67. The molecule has 1 aliphatic rings. The van der Waals surface area contributed by atoms with Gasteiger partial charge < -0.3 is 0 Å². The lowest BCUT2D eigenvalue weighted by atomic mass is 9.89. The van der Waals surface area contributed by atoms with Crippen LogP contribution in [0, 0.1) is 11.8 Å². The summed E-state index contributed by atoms with van der Waals surface area (Å²) in [6, 6.07) is 0. The molecule has 1 saturated heterocycles. The van der Waals surface area contributed by atoms with Crippen molar-refractivity contribution in [2.45, 2.75) is 39.7 Å². The fraction of sp³-hybridized carbons (Fsp3) is 0.769. The van der Waals surface area contributed by atoms with Crippen LogP contribution in [-0.2, 0) is 6.54 Å². The van der Waals surface area contributed by atoms with Crippen LogP contribution in [0.25, 0.3) is 0 Å². The fourth-order valence-corrected chi connectivity index (χ4v) is 2.78. The zero-order valence-corrected chi connectivity index (χ0v) is 10.4. The Hall–Kier alpha value is -0.830. The Balaban J connectivity index is 1.82. The van der Waals surface area contributed by atoms with Gasteiger partial charge in [0.15, 0.2) is 0 Å². The summed E-state index contributed by atoms with van der Waals surface area (Å²) in [5.41, 5.74) is 1.31. The van der Waals surface area contributed by atoms with Crippen molar-refractivity contribution >= 4 is 0 Å². The molecule has 0 spiro atoms. The number of nitrogens with one attached hydrogen (secondary N) is 1. The Bertz CT molecular complexity index is 292. The van der Waals surface area contributed by atoms with E-state index in [2.05, 4.69) is 28.9 Å². The first-order valence-corrected chi connectivity index (χ1v) is 6.44. The van der Waals surface area contributed by atoms with Crippen molar-refractivity contribution in [2.24, 2.45) is 11.8 Å². The van der Waals surface area contributed by atoms with Crippen LogP contribution in [0.4, 0.5) is 0 Å². The van der Waals surface area contributed by atoms with Crippen molar-refractivity contribution in [3.63, 3.8) is 0 Å². The number of piperidine rings is 1. The van der Waals surface area contributed by atoms with Gasteiger partial charge in [-0.3, -0.25) is 10.00 Å². The molecule has 0 aliphatic carbocycles. The number of likely N-dealkylation sites (tertiary alicyclic amines) is 1. The lowest BCUT2D eigenvalue weighted by Crippen LogP contribution is -2.35. The fourth-order valence-electron chi connectivity index (χ4n) is 2.78. The Labute approximate surface area is 98.2 Å². The van der Waals surface area contributed by atoms with Gasteiger partial charge in [-0.2, -0.15) is 5.10 Å². The molecule has 1 N–H and O–H groups in total. The highest BCUT2D eigenvalue weighted by Gasteiger charge is 2.20. The average molecular weight is 221 g/mol. The predicted molar refractivity (Wildman–Crippen MR) is 66.0 cm³/mol. The van der Waals surface area contributed by atoms with Gasteiger partial charge in [0.2, 0.25) is 0 Å². The number of aromatic amines is 1. The maximum atomic E-state index is 4.00. The van der Waals surface area contributed by atoms with Gasteiger partial charge in [0.25, 0.3) is 0 Å². The van der Waals surface area contributed by atoms with Crippen LogP contribution in [0.5, 0.6) is 0 Å². The first-order valence-electron chi connectivity index (χ1n) is 6.44. The van der Waals surface area contributed by atoms with Crippen LogP contribution in [0.1, 0.15) is 38.7 Å². The molecule has 0 aromatic carbocycles. The van der Waals surface area contributed by atoms with Crippen LogP contribution in [-0.4, -0.2) is 28.2 Å². The molecule has 1 unspecified atom stereocenters. The molecule has 16 heavy (non-hydrogen) atoms. The van der Waals surface area contributed by atoms with E-state index in [1.165, 1.54) is 37.9 Å². The first-order chi connectivity index (χ1) is 7.74. The zero-order chi connectivity index (χ0) is 11.4. The summed E-state index contributed by atoms with van der Waals surface area (Å²) in [4.78, 5) is 2.57. The second-order valence-electron chi connectivity index (χ2n) is 5.48. The van der Waals surface area contributed by atoms with Gasteiger partial charge in [0.1, 0.15) is 0 Å². The highest BCUT2D eigenvalue weighted by Crippen LogP contribution is 2.23. The Morgan fingerprint density at radius 3 is 3.12 bits per heavy atom. The van der Waals surface area contributed by atoms with Gasteiger partial charge in [-0.1, -0.05) is 13.8 Å². The van der Waals surface area contributed by atoms with E-state index in [1.54, 1.807) is 0 Å². The maximum Gasteiger partial charge on any atom is 0.0532 e. The minimum atomic E-state index is 0.832. The van der Waals surface area contributed by atoms with Crippen molar-refractivity contribution in [1.82, 2.24) is 15.1 Å². The molecule has 1 aromatic heterocycles. The standard InChI is InChI=1S/C13H23N3/c1-11(2)6-12-4-3-5-16(9-12)10-13-7-14-15-8-13/h7-8,11-12H,3-6,9-10H2,1-2H3,(H,14,15). The molecule has 0 bridgehead atoms. The van der Waals surface area contributed by atoms with Crippen LogP contribution >= 0.6 is 0 Å². The highest BCUT2D eigenvalue weighted by atomic mass is 15.1. The summed E-state index contributed by atoms with van der Waals surface area (Å²) in [7, 11) is 0. The summed E-state index contributed by atoms with van der Waals surface area (Å²) in [6.45, 7) is 8.23. The summed E-state index contributed by atoms with van der Waals surface area (Å²) in [5.74, 6) is 1.74. The topological polar surface area (TPSA) is 31.9 Å². The van der Waals surface area contributed by atoms with Crippen LogP contribution < -0.4 is 0 Å². The number of nitrogens with zero attached hydrogens (tertiary/aromatic N) is 2. The lowest BCUT2D eigenvalue weighted by molar-refractivity contribution is 0.153. The van der Waals surface area contributed by atoms with Crippen molar-refractivity contribution in [3.05, 3.63) is 18.0 Å². The second kappa shape index (κ2) is 5.48. The van der Waals surface area contributed by atoms with Gasteiger partial charge in [0.05, 0.1) is 6.20 Å². The van der Waals surface area contributed by atoms with Gasteiger partial charge in [0, 0.05) is 24.8 Å². The summed E-state index contributed by atoms with van der Waals surface area (Å²) in [6.07, 6.45) is 8.09. The van der Waals surface area contributed by atoms with Crippen LogP contribution in [0.2, 0.25) is 0 Å². The molecule has 3 nitrogen and oxygen atoms in total. The quantitative estimate of drug-likeness (QED) is 0.847. The minimum Gasteiger partial charge on any atom is -0.299 e. The molecule has 1 fully saturated rings. The minimum absolute atomic E-state index is 0.832. The monoisotopic (exact) mass is 221 g/mol. The SMILES string of the molecule is CC(C)CC1CCCN(Cc2cn[nH]c2)C1. The van der Waals surface area contributed by atoms with Gasteiger partial charge in [-0.05, 0) is 37.6 Å². The Morgan fingerprint density at radius 1 is 1.56 bits per heavy atom. The van der Waals surface area contributed by atoms with E-state index in [-0.39, 0.29) is 0 Å². The van der Waals surface area contributed by atoms with E-state index in [1.807, 2.05) is 12.4 Å². The van der Waals surface area contributed by atoms with Crippen molar-refractivity contribution in [1.29, 1.82) is 0 Å². The Morgan fingerprint density at radius 2 is 2.44 bits per heavy atom. The van der Waals surface area contributed by atoms with E-state index >= 15 is 0 Å². The summed E-state index contributed by atoms with van der Waals surface area (Å²) < 4.78 is 0. The van der Waals surface area contributed by atoms with E-state index in [0.29, 0.717) is 0 Å². The molecule has 0 amide bonds. The molecule has 3 heteroatoms. The highest BCUT2D eigenvalue weighted by molar-refractivity contribution is 5.02. The lowest BCUT2D eigenvalue weighted by Gasteiger charge is -2.33. The first kappa shape index (κ1) is 11.6. The molecule has 1 aromatic rings. The second-order valence-corrected chi connectivity index (χ2v) is 5.48. The molecule has 0 saturated carbocycles. The summed E-state index contributed by atoms with van der Waals surface area (Å²) >= 11 is 0. The van der Waals surface area contributed by atoms with Crippen molar-refractivity contribution in [2.75, 3.05) is 13.1 Å². The van der Waals surface area contributed by atoms with Crippen LogP contribution in [0.3, 0.4) is 0 Å². The largest absolute Gasteiger partial charge is 0.299 e. The van der Waals surface area contributed by atoms with Crippen molar-refractivity contribution in [3.8, 4) is 0 Å². The molecule has 2 rings (SSSR count). The molecule has 2 heterocycles. The third kappa shape index (κ3) is 3.34.